The van der Waals surface area contributed by atoms with Crippen LogP contribution in [0.4, 0.5) is 19.0 Å². The number of nitrogens with one attached hydrogen (secondary N) is 1. The molecular formula is C28H26F3N5. The highest BCUT2D eigenvalue weighted by Gasteiger charge is 2.30. The van der Waals surface area contributed by atoms with Crippen molar-refractivity contribution >= 4 is 16.9 Å². The van der Waals surface area contributed by atoms with Crippen molar-refractivity contribution in [1.82, 2.24) is 14.5 Å². The lowest BCUT2D eigenvalue weighted by molar-refractivity contribution is -0.137. The van der Waals surface area contributed by atoms with Crippen LogP contribution in [0.1, 0.15) is 48.7 Å². The van der Waals surface area contributed by atoms with E-state index >= 15 is 0 Å². The molecule has 8 heteroatoms. The van der Waals surface area contributed by atoms with Crippen molar-refractivity contribution in [3.8, 4) is 17.3 Å². The molecular weight excluding hydrogens is 463 g/mol. The van der Waals surface area contributed by atoms with Gasteiger partial charge >= 0.3 is 6.18 Å². The van der Waals surface area contributed by atoms with Crippen LogP contribution in [0.5, 0.6) is 0 Å². The first-order valence-electron chi connectivity index (χ1n) is 12.0. The van der Waals surface area contributed by atoms with Crippen LogP contribution in [-0.2, 0) is 12.7 Å². The minimum atomic E-state index is -4.39. The molecule has 4 aromatic rings. The molecule has 0 radical (unpaired) electrons. The molecule has 1 saturated carbocycles. The van der Waals surface area contributed by atoms with Gasteiger partial charge in [0, 0.05) is 12.6 Å². The van der Waals surface area contributed by atoms with Crippen LogP contribution in [-0.4, -0.2) is 20.6 Å². The molecule has 2 aromatic carbocycles. The number of hydrogen-bond acceptors (Lipinski definition) is 4. The second kappa shape index (κ2) is 9.30. The molecule has 5 rings (SSSR count). The first kappa shape index (κ1) is 23.9. The van der Waals surface area contributed by atoms with Crippen LogP contribution in [0, 0.1) is 24.2 Å². The van der Waals surface area contributed by atoms with Crippen LogP contribution in [0.3, 0.4) is 0 Å². The van der Waals surface area contributed by atoms with Crippen LogP contribution < -0.4 is 5.32 Å². The van der Waals surface area contributed by atoms with Gasteiger partial charge in [-0.3, -0.25) is 0 Å². The minimum Gasteiger partial charge on any atom is -0.365 e. The second-order valence-corrected chi connectivity index (χ2v) is 9.55. The molecule has 184 valence electrons. The summed E-state index contributed by atoms with van der Waals surface area (Å²) < 4.78 is 41.4. The van der Waals surface area contributed by atoms with E-state index in [0.717, 1.165) is 52.9 Å². The minimum absolute atomic E-state index is 0.0771. The fourth-order valence-electron chi connectivity index (χ4n) is 4.78. The Morgan fingerprint density at radius 3 is 2.47 bits per heavy atom. The highest BCUT2D eigenvalue weighted by atomic mass is 19.4. The number of aryl methyl sites for hydroxylation is 1. The number of benzene rings is 2. The summed E-state index contributed by atoms with van der Waals surface area (Å²) in [6.45, 7) is 4.45. The van der Waals surface area contributed by atoms with Crippen molar-refractivity contribution in [2.24, 2.45) is 5.92 Å². The standard InChI is InChI=1S/C28H26F3N5/c1-17-5-3-8-21(13-17)24-14-23-26(36(24)16-19-9-11-22(12-10-19)28(29,30)31)27(35-25(15-32)34-23)33-18(2)20-6-4-7-20/h3,5,8-14,18,20H,4,6-7,16H2,1-2H3,(H,33,34,35). The number of alkyl halides is 3. The summed E-state index contributed by atoms with van der Waals surface area (Å²) in [7, 11) is 0. The molecule has 5 nitrogen and oxygen atoms in total. The third-order valence-corrected chi connectivity index (χ3v) is 7.00. The number of aromatic nitrogens is 3. The molecule has 1 N–H and O–H groups in total. The highest BCUT2D eigenvalue weighted by Crippen LogP contribution is 2.36. The summed E-state index contributed by atoms with van der Waals surface area (Å²) in [5, 5.41) is 13.1. The third-order valence-electron chi connectivity index (χ3n) is 7.00. The van der Waals surface area contributed by atoms with E-state index in [1.54, 1.807) is 0 Å². The molecule has 2 heterocycles. The van der Waals surface area contributed by atoms with Crippen molar-refractivity contribution in [1.29, 1.82) is 5.26 Å². The average Bonchev–Trinajstić information content (AvgIpc) is 3.16. The lowest BCUT2D eigenvalue weighted by Gasteiger charge is -2.32. The van der Waals surface area contributed by atoms with Gasteiger partial charge in [-0.15, -0.1) is 0 Å². The predicted molar refractivity (Wildman–Crippen MR) is 133 cm³/mol. The molecule has 0 bridgehead atoms. The number of fused-ring (bicyclic) bond motifs is 1. The van der Waals surface area contributed by atoms with Gasteiger partial charge in [-0.05, 0) is 68.0 Å². The van der Waals surface area contributed by atoms with Crippen molar-refractivity contribution in [3.63, 3.8) is 0 Å². The van der Waals surface area contributed by atoms with Gasteiger partial charge in [-0.2, -0.15) is 23.4 Å². The van der Waals surface area contributed by atoms with E-state index in [-0.39, 0.29) is 11.9 Å². The normalized spacial score (nSPS) is 14.9. The molecule has 0 spiro atoms. The Balaban J connectivity index is 1.66. The molecule has 1 aliphatic rings. The first-order chi connectivity index (χ1) is 17.2. The van der Waals surface area contributed by atoms with Gasteiger partial charge in [0.1, 0.15) is 11.6 Å². The van der Waals surface area contributed by atoms with Gasteiger partial charge in [0.2, 0.25) is 5.82 Å². The van der Waals surface area contributed by atoms with Gasteiger partial charge in [0.15, 0.2) is 5.82 Å². The van der Waals surface area contributed by atoms with E-state index in [0.29, 0.717) is 23.8 Å². The summed E-state index contributed by atoms with van der Waals surface area (Å²) in [6, 6.07) is 17.4. The lowest BCUT2D eigenvalue weighted by Crippen LogP contribution is -2.31. The number of rotatable bonds is 6. The second-order valence-electron chi connectivity index (χ2n) is 9.55. The van der Waals surface area contributed by atoms with Crippen LogP contribution in [0.2, 0.25) is 0 Å². The first-order valence-corrected chi connectivity index (χ1v) is 12.0. The third kappa shape index (κ3) is 4.66. The maximum Gasteiger partial charge on any atom is 0.416 e. The maximum absolute atomic E-state index is 13.1. The van der Waals surface area contributed by atoms with E-state index < -0.39 is 11.7 Å². The fourth-order valence-corrected chi connectivity index (χ4v) is 4.78. The Morgan fingerprint density at radius 1 is 1.11 bits per heavy atom. The van der Waals surface area contributed by atoms with Gasteiger partial charge < -0.3 is 9.88 Å². The SMILES string of the molecule is Cc1cccc(-c2cc3nc(C#N)nc(NC(C)C4CCC4)c3n2Cc2ccc(C(F)(F)F)cc2)c1. The zero-order valence-corrected chi connectivity index (χ0v) is 20.1. The van der Waals surface area contributed by atoms with Crippen LogP contribution in [0.15, 0.2) is 54.6 Å². The van der Waals surface area contributed by atoms with Gasteiger partial charge in [-0.1, -0.05) is 42.3 Å². The summed E-state index contributed by atoms with van der Waals surface area (Å²) in [5.41, 5.74) is 4.29. The monoisotopic (exact) mass is 489 g/mol. The quantitative estimate of drug-likeness (QED) is 0.318. The lowest BCUT2D eigenvalue weighted by atomic mass is 9.80. The van der Waals surface area contributed by atoms with E-state index in [1.165, 1.54) is 18.6 Å². The van der Waals surface area contributed by atoms with E-state index in [1.807, 2.05) is 35.8 Å². The van der Waals surface area contributed by atoms with Crippen molar-refractivity contribution in [3.05, 3.63) is 77.1 Å². The van der Waals surface area contributed by atoms with Gasteiger partial charge in [0.25, 0.3) is 0 Å². The van der Waals surface area contributed by atoms with Crippen LogP contribution >= 0.6 is 0 Å². The molecule has 36 heavy (non-hydrogen) atoms. The number of anilines is 1. The molecule has 1 fully saturated rings. The summed E-state index contributed by atoms with van der Waals surface area (Å²) in [6.07, 6.45) is -0.883. The molecule has 1 atom stereocenters. The molecule has 2 aromatic heterocycles. The molecule has 0 aliphatic heterocycles. The number of hydrogen-bond donors (Lipinski definition) is 1. The van der Waals surface area contributed by atoms with E-state index in [4.69, 9.17) is 0 Å². The van der Waals surface area contributed by atoms with E-state index in [2.05, 4.69) is 34.3 Å². The Morgan fingerprint density at radius 2 is 1.86 bits per heavy atom. The maximum atomic E-state index is 13.1. The Labute approximate surface area is 207 Å². The van der Waals surface area contributed by atoms with Gasteiger partial charge in [0.05, 0.1) is 16.8 Å². The molecule has 1 unspecified atom stereocenters. The number of halogens is 3. The topological polar surface area (TPSA) is 66.5 Å². The predicted octanol–water partition coefficient (Wildman–Crippen LogP) is 6.95. The number of nitrogens with zero attached hydrogens (tertiary/aromatic N) is 4. The van der Waals surface area contributed by atoms with Crippen LogP contribution in [0.25, 0.3) is 22.3 Å². The molecule has 0 amide bonds. The largest absolute Gasteiger partial charge is 0.416 e. The van der Waals surface area contributed by atoms with Crippen molar-refractivity contribution < 1.29 is 13.2 Å². The zero-order chi connectivity index (χ0) is 25.4. The smallest absolute Gasteiger partial charge is 0.365 e. The summed E-state index contributed by atoms with van der Waals surface area (Å²) in [4.78, 5) is 9.00. The Bertz CT molecular complexity index is 1440. The Kier molecular flexibility index (Phi) is 6.17. The summed E-state index contributed by atoms with van der Waals surface area (Å²) >= 11 is 0. The van der Waals surface area contributed by atoms with Crippen molar-refractivity contribution in [2.75, 3.05) is 5.32 Å². The zero-order valence-electron chi connectivity index (χ0n) is 20.1. The van der Waals surface area contributed by atoms with E-state index in [9.17, 15) is 18.4 Å². The highest BCUT2D eigenvalue weighted by molar-refractivity contribution is 5.92. The average molecular weight is 490 g/mol. The number of nitriles is 1. The Hall–Kier alpha value is -3.86. The summed E-state index contributed by atoms with van der Waals surface area (Å²) in [5.74, 6) is 1.19. The van der Waals surface area contributed by atoms with Gasteiger partial charge in [-0.25, -0.2) is 4.98 Å². The molecule has 0 saturated heterocycles. The molecule has 1 aliphatic carbocycles. The van der Waals surface area contributed by atoms with Crippen molar-refractivity contribution in [2.45, 2.75) is 51.9 Å². The fraction of sp³-hybridized carbons (Fsp3) is 0.321.